The third-order valence-corrected chi connectivity index (χ3v) is 6.95. The van der Waals surface area contributed by atoms with E-state index in [0.717, 1.165) is 48.5 Å². The highest BCUT2D eigenvalue weighted by Crippen LogP contribution is 2.61. The fourth-order valence-corrected chi connectivity index (χ4v) is 5.20. The minimum Gasteiger partial charge on any atom is -0.440 e. The lowest BCUT2D eigenvalue weighted by Gasteiger charge is -2.57. The van der Waals surface area contributed by atoms with Crippen LogP contribution in [0.2, 0.25) is 5.02 Å². The largest absolute Gasteiger partial charge is 0.440 e. The third kappa shape index (κ3) is 3.33. The maximum absolute atomic E-state index is 12.6. The van der Waals surface area contributed by atoms with E-state index in [1.807, 2.05) is 24.3 Å². The van der Waals surface area contributed by atoms with Gasteiger partial charge in [-0.25, -0.2) is 9.97 Å². The molecule has 6 rings (SSSR count). The molecule has 0 aliphatic heterocycles. The van der Waals surface area contributed by atoms with Crippen LogP contribution in [0.15, 0.2) is 40.9 Å². The van der Waals surface area contributed by atoms with Crippen molar-refractivity contribution >= 4 is 34.4 Å². The zero-order valence-corrected chi connectivity index (χ0v) is 17.3. The van der Waals surface area contributed by atoms with Gasteiger partial charge in [-0.05, 0) is 74.3 Å². The molecule has 2 heterocycles. The Kier molecular flexibility index (Phi) is 4.07. The quantitative estimate of drug-likeness (QED) is 0.610. The van der Waals surface area contributed by atoms with Crippen LogP contribution in [0.5, 0.6) is 0 Å². The number of benzene rings is 1. The number of nitrogens with zero attached hydrogens (tertiary/aromatic N) is 2. The summed E-state index contributed by atoms with van der Waals surface area (Å²) >= 11 is 6.04. The SMILES string of the molecule is O=C(NC1CC2(C1)CC(c1nc3cc(Cl)ccc3o1)C2)c1ccnc(NC2CC2)c1. The molecule has 3 aliphatic carbocycles. The number of halogens is 1. The highest BCUT2D eigenvalue weighted by Gasteiger charge is 2.54. The van der Waals surface area contributed by atoms with Gasteiger partial charge in [0, 0.05) is 34.8 Å². The predicted octanol–water partition coefficient (Wildman–Crippen LogP) is 4.91. The molecular weight excluding hydrogens is 400 g/mol. The summed E-state index contributed by atoms with van der Waals surface area (Å²) in [6.07, 6.45) is 8.27. The maximum Gasteiger partial charge on any atom is 0.251 e. The topological polar surface area (TPSA) is 80.1 Å². The molecule has 0 bridgehead atoms. The minimum atomic E-state index is -0.0113. The van der Waals surface area contributed by atoms with Crippen LogP contribution in [0.3, 0.4) is 0 Å². The van der Waals surface area contributed by atoms with Gasteiger partial charge < -0.3 is 15.1 Å². The molecule has 154 valence electrons. The summed E-state index contributed by atoms with van der Waals surface area (Å²) in [5, 5.41) is 7.21. The Morgan fingerprint density at radius 1 is 1.10 bits per heavy atom. The second-order valence-electron chi connectivity index (χ2n) is 9.20. The molecular formula is C23H23ClN4O2. The summed E-state index contributed by atoms with van der Waals surface area (Å²) in [5.41, 5.74) is 2.62. The molecule has 3 saturated carbocycles. The average molecular weight is 423 g/mol. The normalized spacial score (nSPS) is 27.5. The first-order valence-corrected chi connectivity index (χ1v) is 11.0. The fraction of sp³-hybridized carbons (Fsp3) is 0.435. The number of amides is 1. The number of carbonyl (C=O) groups excluding carboxylic acids is 1. The lowest BCUT2D eigenvalue weighted by Crippen LogP contribution is -2.55. The standard InChI is InChI=1S/C23H23ClN4O2/c24-15-1-4-19-18(8-15)28-22(30-19)14-9-23(10-14)11-17(12-23)27-21(29)13-5-6-25-20(7-13)26-16-2-3-16/h1,4-8,14,16-17H,2-3,9-12H2,(H,25,26)(H,27,29). The molecule has 0 saturated heterocycles. The summed E-state index contributed by atoms with van der Waals surface area (Å²) in [7, 11) is 0. The molecule has 0 atom stereocenters. The van der Waals surface area contributed by atoms with Crippen molar-refractivity contribution in [2.24, 2.45) is 5.41 Å². The van der Waals surface area contributed by atoms with Gasteiger partial charge in [-0.3, -0.25) is 4.79 Å². The molecule has 2 N–H and O–H groups in total. The molecule has 0 radical (unpaired) electrons. The number of rotatable bonds is 5. The summed E-state index contributed by atoms with van der Waals surface area (Å²) in [6.45, 7) is 0. The van der Waals surface area contributed by atoms with Crippen molar-refractivity contribution in [1.29, 1.82) is 0 Å². The number of fused-ring (bicyclic) bond motifs is 1. The Morgan fingerprint density at radius 3 is 2.73 bits per heavy atom. The molecule has 0 unspecified atom stereocenters. The molecule has 1 aromatic carbocycles. The second-order valence-corrected chi connectivity index (χ2v) is 9.63. The van der Waals surface area contributed by atoms with E-state index in [2.05, 4.69) is 20.6 Å². The van der Waals surface area contributed by atoms with Crippen molar-refractivity contribution < 1.29 is 9.21 Å². The van der Waals surface area contributed by atoms with Crippen LogP contribution in [0.4, 0.5) is 5.82 Å². The number of hydrogen-bond acceptors (Lipinski definition) is 5. The molecule has 3 fully saturated rings. The summed E-state index contributed by atoms with van der Waals surface area (Å²) in [4.78, 5) is 21.6. The van der Waals surface area contributed by atoms with Crippen molar-refractivity contribution in [2.45, 2.75) is 56.5 Å². The van der Waals surface area contributed by atoms with Crippen molar-refractivity contribution in [3.63, 3.8) is 0 Å². The zero-order valence-electron chi connectivity index (χ0n) is 16.5. The number of carbonyl (C=O) groups is 1. The number of anilines is 1. The average Bonchev–Trinajstić information content (AvgIpc) is 3.38. The second kappa shape index (κ2) is 6.71. The van der Waals surface area contributed by atoms with E-state index < -0.39 is 0 Å². The molecule has 1 amide bonds. The van der Waals surface area contributed by atoms with Crippen molar-refractivity contribution in [2.75, 3.05) is 5.32 Å². The van der Waals surface area contributed by atoms with Crippen LogP contribution >= 0.6 is 11.6 Å². The minimum absolute atomic E-state index is 0.0113. The Morgan fingerprint density at radius 2 is 1.93 bits per heavy atom. The number of nitrogens with one attached hydrogen (secondary N) is 2. The Balaban J connectivity index is 1.03. The van der Waals surface area contributed by atoms with Gasteiger partial charge in [0.25, 0.3) is 5.91 Å². The zero-order chi connectivity index (χ0) is 20.3. The van der Waals surface area contributed by atoms with Gasteiger partial charge in [0.05, 0.1) is 0 Å². The highest BCUT2D eigenvalue weighted by atomic mass is 35.5. The first kappa shape index (κ1) is 18.2. The van der Waals surface area contributed by atoms with Crippen LogP contribution in [-0.4, -0.2) is 28.0 Å². The lowest BCUT2D eigenvalue weighted by atomic mass is 9.50. The Labute approximate surface area is 179 Å². The highest BCUT2D eigenvalue weighted by molar-refractivity contribution is 6.31. The van der Waals surface area contributed by atoms with Crippen molar-refractivity contribution in [3.8, 4) is 0 Å². The summed E-state index contributed by atoms with van der Waals surface area (Å²) in [6, 6.07) is 9.94. The first-order valence-electron chi connectivity index (χ1n) is 10.6. The van der Waals surface area contributed by atoms with Gasteiger partial charge in [-0.2, -0.15) is 0 Å². The summed E-state index contributed by atoms with van der Waals surface area (Å²) < 4.78 is 5.93. The number of oxazole rings is 1. The van der Waals surface area contributed by atoms with Gasteiger partial charge in [0.2, 0.25) is 0 Å². The molecule has 3 aliphatic rings. The van der Waals surface area contributed by atoms with E-state index in [4.69, 9.17) is 16.0 Å². The van der Waals surface area contributed by atoms with E-state index in [1.165, 1.54) is 12.8 Å². The van der Waals surface area contributed by atoms with Crippen LogP contribution in [0, 0.1) is 5.41 Å². The molecule has 6 nitrogen and oxygen atoms in total. The number of aromatic nitrogens is 2. The summed E-state index contributed by atoms with van der Waals surface area (Å²) in [5.74, 6) is 1.96. The van der Waals surface area contributed by atoms with Crippen LogP contribution in [0.1, 0.15) is 60.7 Å². The Hall–Kier alpha value is -2.60. The first-order chi connectivity index (χ1) is 14.6. The van der Waals surface area contributed by atoms with Crippen molar-refractivity contribution in [3.05, 3.63) is 53.0 Å². The molecule has 1 spiro atoms. The number of pyridine rings is 1. The fourth-order valence-electron chi connectivity index (χ4n) is 5.03. The van der Waals surface area contributed by atoms with Crippen LogP contribution in [-0.2, 0) is 0 Å². The molecule has 7 heteroatoms. The van der Waals surface area contributed by atoms with E-state index >= 15 is 0 Å². The van der Waals surface area contributed by atoms with E-state index in [0.29, 0.717) is 28.0 Å². The number of hydrogen-bond donors (Lipinski definition) is 2. The van der Waals surface area contributed by atoms with Gasteiger partial charge >= 0.3 is 0 Å². The lowest BCUT2D eigenvalue weighted by molar-refractivity contribution is -0.0253. The maximum atomic E-state index is 12.6. The third-order valence-electron chi connectivity index (χ3n) is 6.72. The van der Waals surface area contributed by atoms with E-state index in [1.54, 1.807) is 12.3 Å². The monoisotopic (exact) mass is 422 g/mol. The molecule has 30 heavy (non-hydrogen) atoms. The Bertz CT molecular complexity index is 1130. The smallest absolute Gasteiger partial charge is 0.251 e. The van der Waals surface area contributed by atoms with Crippen molar-refractivity contribution in [1.82, 2.24) is 15.3 Å². The van der Waals surface area contributed by atoms with E-state index in [9.17, 15) is 4.79 Å². The predicted molar refractivity (Wildman–Crippen MR) is 115 cm³/mol. The van der Waals surface area contributed by atoms with E-state index in [-0.39, 0.29) is 11.9 Å². The van der Waals surface area contributed by atoms with Gasteiger partial charge in [-0.1, -0.05) is 11.6 Å². The van der Waals surface area contributed by atoms with Gasteiger partial charge in [-0.15, -0.1) is 0 Å². The molecule has 3 aromatic rings. The van der Waals surface area contributed by atoms with Crippen LogP contribution in [0.25, 0.3) is 11.1 Å². The van der Waals surface area contributed by atoms with Crippen LogP contribution < -0.4 is 10.6 Å². The van der Waals surface area contributed by atoms with Gasteiger partial charge in [0.15, 0.2) is 11.5 Å². The molecule has 2 aromatic heterocycles. The van der Waals surface area contributed by atoms with Gasteiger partial charge in [0.1, 0.15) is 11.3 Å².